The van der Waals surface area contributed by atoms with Gasteiger partial charge < -0.3 is 5.32 Å². The first-order chi connectivity index (χ1) is 10.0. The largest absolute Gasteiger partial charge is 0.314 e. The van der Waals surface area contributed by atoms with E-state index >= 15 is 0 Å². The molecule has 1 aromatic heterocycles. The van der Waals surface area contributed by atoms with Crippen LogP contribution in [0.1, 0.15) is 26.3 Å². The smallest absolute Gasteiger partial charge is 0.0702 e. The summed E-state index contributed by atoms with van der Waals surface area (Å²) in [5, 5.41) is 4.77. The van der Waals surface area contributed by atoms with Gasteiger partial charge in [-0.05, 0) is 29.2 Å². The number of hydrogen-bond donors (Lipinski definition) is 1. The van der Waals surface area contributed by atoms with E-state index in [1.165, 1.54) is 10.9 Å². The molecule has 1 aliphatic heterocycles. The molecule has 21 heavy (non-hydrogen) atoms. The van der Waals surface area contributed by atoms with Gasteiger partial charge in [-0.1, -0.05) is 32.9 Å². The number of benzene rings is 1. The summed E-state index contributed by atoms with van der Waals surface area (Å²) in [5.41, 5.74) is 2.76. The Morgan fingerprint density at radius 1 is 1.29 bits per heavy atom. The molecule has 1 aliphatic rings. The van der Waals surface area contributed by atoms with E-state index in [1.54, 1.807) is 0 Å². The molecule has 0 bridgehead atoms. The highest BCUT2D eigenvalue weighted by Gasteiger charge is 2.32. The van der Waals surface area contributed by atoms with Gasteiger partial charge in [0.15, 0.2) is 0 Å². The third kappa shape index (κ3) is 3.25. The molecule has 1 fully saturated rings. The van der Waals surface area contributed by atoms with Crippen molar-refractivity contribution in [2.24, 2.45) is 5.41 Å². The lowest BCUT2D eigenvalue weighted by atomic mass is 9.84. The van der Waals surface area contributed by atoms with Crippen molar-refractivity contribution < 1.29 is 0 Å². The van der Waals surface area contributed by atoms with Crippen LogP contribution in [-0.2, 0) is 6.54 Å². The molecule has 0 radical (unpaired) electrons. The average Bonchev–Trinajstić information content (AvgIpc) is 2.46. The predicted molar refractivity (Wildman–Crippen MR) is 88.3 cm³/mol. The zero-order chi connectivity index (χ0) is 14.9. The van der Waals surface area contributed by atoms with Gasteiger partial charge in [-0.2, -0.15) is 0 Å². The highest BCUT2D eigenvalue weighted by atomic mass is 15.2. The molecule has 1 saturated heterocycles. The Morgan fingerprint density at radius 2 is 2.14 bits per heavy atom. The summed E-state index contributed by atoms with van der Waals surface area (Å²) in [7, 11) is 0. The van der Waals surface area contributed by atoms with Crippen LogP contribution in [0.2, 0.25) is 0 Å². The summed E-state index contributed by atoms with van der Waals surface area (Å²) in [4.78, 5) is 7.02. The van der Waals surface area contributed by atoms with E-state index in [4.69, 9.17) is 0 Å². The molecule has 2 aromatic rings. The van der Waals surface area contributed by atoms with Gasteiger partial charge in [0.2, 0.25) is 0 Å². The standard InChI is InChI=1S/C18H25N3/c1-18(2,3)17-12-19-9-10-21(17)13-14-6-7-16-15(11-14)5-4-8-20-16/h4-8,11,17,19H,9-10,12-13H2,1-3H3. The van der Waals surface area contributed by atoms with E-state index in [0.29, 0.717) is 11.5 Å². The Morgan fingerprint density at radius 3 is 2.95 bits per heavy atom. The van der Waals surface area contributed by atoms with Crippen molar-refractivity contribution in [3.05, 3.63) is 42.1 Å². The first kappa shape index (κ1) is 14.5. The summed E-state index contributed by atoms with van der Waals surface area (Å²) in [5.74, 6) is 0. The summed E-state index contributed by atoms with van der Waals surface area (Å²) in [6.07, 6.45) is 1.86. The van der Waals surface area contributed by atoms with Crippen molar-refractivity contribution in [1.29, 1.82) is 0 Å². The summed E-state index contributed by atoms with van der Waals surface area (Å²) in [6.45, 7) is 11.3. The molecule has 0 aliphatic carbocycles. The van der Waals surface area contributed by atoms with Crippen LogP contribution in [0.3, 0.4) is 0 Å². The van der Waals surface area contributed by atoms with Crippen LogP contribution in [0.25, 0.3) is 10.9 Å². The van der Waals surface area contributed by atoms with Crippen molar-refractivity contribution >= 4 is 10.9 Å². The van der Waals surface area contributed by atoms with Gasteiger partial charge in [-0.25, -0.2) is 0 Å². The zero-order valence-corrected chi connectivity index (χ0v) is 13.3. The number of rotatable bonds is 2. The number of nitrogens with one attached hydrogen (secondary N) is 1. The molecular weight excluding hydrogens is 258 g/mol. The lowest BCUT2D eigenvalue weighted by molar-refractivity contribution is 0.0689. The van der Waals surface area contributed by atoms with Crippen molar-refractivity contribution in [3.63, 3.8) is 0 Å². The second kappa shape index (κ2) is 5.74. The number of aromatic nitrogens is 1. The van der Waals surface area contributed by atoms with E-state index in [2.05, 4.69) is 60.2 Å². The Kier molecular flexibility index (Phi) is 3.96. The van der Waals surface area contributed by atoms with Gasteiger partial charge in [0.1, 0.15) is 0 Å². The Hall–Kier alpha value is -1.45. The molecule has 1 aromatic carbocycles. The van der Waals surface area contributed by atoms with Crippen molar-refractivity contribution in [2.75, 3.05) is 19.6 Å². The maximum Gasteiger partial charge on any atom is 0.0702 e. The second-order valence-corrected chi connectivity index (χ2v) is 7.09. The number of pyridine rings is 1. The number of hydrogen-bond acceptors (Lipinski definition) is 3. The molecule has 3 heteroatoms. The molecule has 3 nitrogen and oxygen atoms in total. The van der Waals surface area contributed by atoms with Crippen LogP contribution in [0.4, 0.5) is 0 Å². The molecule has 3 rings (SSSR count). The SMILES string of the molecule is CC(C)(C)C1CNCCN1Cc1ccc2ncccc2c1. The zero-order valence-electron chi connectivity index (χ0n) is 13.3. The van der Waals surface area contributed by atoms with Gasteiger partial charge in [-0.15, -0.1) is 0 Å². The van der Waals surface area contributed by atoms with Crippen molar-refractivity contribution in [2.45, 2.75) is 33.4 Å². The van der Waals surface area contributed by atoms with Gasteiger partial charge in [0, 0.05) is 43.8 Å². The fourth-order valence-electron chi connectivity index (χ4n) is 3.25. The van der Waals surface area contributed by atoms with Gasteiger partial charge >= 0.3 is 0 Å². The van der Waals surface area contributed by atoms with Crippen LogP contribution in [0.5, 0.6) is 0 Å². The van der Waals surface area contributed by atoms with E-state index < -0.39 is 0 Å². The molecule has 1 unspecified atom stereocenters. The van der Waals surface area contributed by atoms with Crippen LogP contribution in [0, 0.1) is 5.41 Å². The predicted octanol–water partition coefficient (Wildman–Crippen LogP) is 3.05. The molecule has 0 saturated carbocycles. The Bertz CT molecular complexity index is 615. The Labute approximate surface area is 127 Å². The van der Waals surface area contributed by atoms with Crippen molar-refractivity contribution in [1.82, 2.24) is 15.2 Å². The minimum absolute atomic E-state index is 0.297. The lowest BCUT2D eigenvalue weighted by Gasteiger charge is -2.43. The molecule has 112 valence electrons. The van der Waals surface area contributed by atoms with E-state index in [0.717, 1.165) is 31.7 Å². The summed E-state index contributed by atoms with van der Waals surface area (Å²) in [6, 6.07) is 11.4. The van der Waals surface area contributed by atoms with Crippen LogP contribution in [-0.4, -0.2) is 35.6 Å². The van der Waals surface area contributed by atoms with Crippen LogP contribution < -0.4 is 5.32 Å². The third-order valence-corrected chi connectivity index (χ3v) is 4.41. The minimum atomic E-state index is 0.297. The van der Waals surface area contributed by atoms with Crippen LogP contribution in [0.15, 0.2) is 36.5 Å². The maximum atomic E-state index is 4.40. The van der Waals surface area contributed by atoms with Crippen molar-refractivity contribution in [3.8, 4) is 0 Å². The fraction of sp³-hybridized carbons (Fsp3) is 0.500. The number of piperazine rings is 1. The monoisotopic (exact) mass is 283 g/mol. The molecule has 0 spiro atoms. The normalized spacial score (nSPS) is 20.8. The summed E-state index contributed by atoms with van der Waals surface area (Å²) >= 11 is 0. The van der Waals surface area contributed by atoms with Gasteiger partial charge in [0.05, 0.1) is 5.52 Å². The van der Waals surface area contributed by atoms with Gasteiger partial charge in [0.25, 0.3) is 0 Å². The molecule has 2 heterocycles. The Balaban J connectivity index is 1.82. The molecule has 1 atom stereocenters. The van der Waals surface area contributed by atoms with E-state index in [1.807, 2.05) is 12.3 Å². The molecular formula is C18H25N3. The average molecular weight is 283 g/mol. The van der Waals surface area contributed by atoms with Crippen LogP contribution >= 0.6 is 0 Å². The topological polar surface area (TPSA) is 28.2 Å². The first-order valence-electron chi connectivity index (χ1n) is 7.82. The minimum Gasteiger partial charge on any atom is -0.314 e. The van der Waals surface area contributed by atoms with E-state index in [-0.39, 0.29) is 0 Å². The highest BCUT2D eigenvalue weighted by molar-refractivity contribution is 5.78. The van der Waals surface area contributed by atoms with Gasteiger partial charge in [-0.3, -0.25) is 9.88 Å². The summed E-state index contributed by atoms with van der Waals surface area (Å²) < 4.78 is 0. The lowest BCUT2D eigenvalue weighted by Crippen LogP contribution is -2.56. The molecule has 1 N–H and O–H groups in total. The maximum absolute atomic E-state index is 4.40. The molecule has 0 amide bonds. The second-order valence-electron chi connectivity index (χ2n) is 7.09. The highest BCUT2D eigenvalue weighted by Crippen LogP contribution is 2.27. The number of nitrogens with zero attached hydrogens (tertiary/aromatic N) is 2. The fourth-order valence-corrected chi connectivity index (χ4v) is 3.25. The quantitative estimate of drug-likeness (QED) is 0.918. The first-order valence-corrected chi connectivity index (χ1v) is 7.82. The van der Waals surface area contributed by atoms with E-state index in [9.17, 15) is 0 Å². The number of fused-ring (bicyclic) bond motifs is 1. The third-order valence-electron chi connectivity index (χ3n) is 4.41.